The molecule has 1 aromatic carbocycles. The van der Waals surface area contributed by atoms with E-state index in [-0.39, 0.29) is 6.03 Å². The number of carbonyl (C=O) groups is 1. The molecule has 2 aromatic heterocycles. The summed E-state index contributed by atoms with van der Waals surface area (Å²) in [7, 11) is 0. The van der Waals surface area contributed by atoms with Crippen LogP contribution in [0.2, 0.25) is 0 Å². The van der Waals surface area contributed by atoms with Crippen LogP contribution in [0.4, 0.5) is 4.79 Å². The van der Waals surface area contributed by atoms with Crippen LogP contribution in [0.15, 0.2) is 48.8 Å². The molecular weight excluding hydrogens is 288 g/mol. The van der Waals surface area contributed by atoms with Crippen LogP contribution in [0.3, 0.4) is 0 Å². The molecule has 0 aliphatic rings. The molecule has 3 rings (SSSR count). The maximum Gasteiger partial charge on any atom is 0.369 e. The number of benzene rings is 1. The third-order valence-electron chi connectivity index (χ3n) is 3.92. The average Bonchev–Trinajstić information content (AvgIpc) is 3.20. The van der Waals surface area contributed by atoms with Crippen molar-refractivity contribution in [3.8, 4) is 0 Å². The van der Waals surface area contributed by atoms with Crippen LogP contribution in [0, 0.1) is 6.92 Å². The SMILES string of the molecule is CCCc1c(C)c(Cc2ccccc2)nn1C(=O)n1cccn1. The lowest BCUT2D eigenvalue weighted by Crippen LogP contribution is -2.23. The van der Waals surface area contributed by atoms with Gasteiger partial charge in [-0.2, -0.15) is 19.6 Å². The molecule has 0 aliphatic carbocycles. The number of rotatable bonds is 4. The first-order valence-electron chi connectivity index (χ1n) is 7.86. The van der Waals surface area contributed by atoms with Crippen molar-refractivity contribution in [3.63, 3.8) is 0 Å². The molecule has 0 radical (unpaired) electrons. The van der Waals surface area contributed by atoms with E-state index in [0.29, 0.717) is 0 Å². The van der Waals surface area contributed by atoms with Crippen molar-refractivity contribution in [2.75, 3.05) is 0 Å². The third-order valence-corrected chi connectivity index (χ3v) is 3.92. The molecule has 5 nitrogen and oxygen atoms in total. The van der Waals surface area contributed by atoms with E-state index in [4.69, 9.17) is 0 Å². The Morgan fingerprint density at radius 1 is 1.17 bits per heavy atom. The van der Waals surface area contributed by atoms with E-state index in [1.165, 1.54) is 14.9 Å². The summed E-state index contributed by atoms with van der Waals surface area (Å²) in [6, 6.07) is 11.7. The second-order valence-corrected chi connectivity index (χ2v) is 5.58. The Balaban J connectivity index is 1.99. The minimum absolute atomic E-state index is 0.235. The van der Waals surface area contributed by atoms with E-state index in [2.05, 4.69) is 29.3 Å². The minimum Gasteiger partial charge on any atom is -0.244 e. The molecule has 3 aromatic rings. The van der Waals surface area contributed by atoms with Crippen LogP contribution in [0.25, 0.3) is 0 Å². The molecule has 0 spiro atoms. The molecule has 0 amide bonds. The Hall–Kier alpha value is -2.69. The van der Waals surface area contributed by atoms with Crippen molar-refractivity contribution < 1.29 is 4.79 Å². The highest BCUT2D eigenvalue weighted by atomic mass is 16.2. The molecule has 0 saturated heterocycles. The largest absolute Gasteiger partial charge is 0.369 e. The first-order valence-corrected chi connectivity index (χ1v) is 7.86. The number of carbonyl (C=O) groups excluding carboxylic acids is 1. The molecule has 5 heteroatoms. The van der Waals surface area contributed by atoms with E-state index >= 15 is 0 Å². The van der Waals surface area contributed by atoms with Crippen molar-refractivity contribution in [3.05, 3.63) is 71.3 Å². The van der Waals surface area contributed by atoms with Gasteiger partial charge in [0.2, 0.25) is 0 Å². The summed E-state index contributed by atoms with van der Waals surface area (Å²) >= 11 is 0. The molecule has 0 saturated carbocycles. The summed E-state index contributed by atoms with van der Waals surface area (Å²) in [6.45, 7) is 4.15. The van der Waals surface area contributed by atoms with Crippen molar-refractivity contribution >= 4 is 6.03 Å². The average molecular weight is 308 g/mol. The molecular formula is C18H20N4O. The van der Waals surface area contributed by atoms with Crippen molar-refractivity contribution in [1.29, 1.82) is 0 Å². The molecule has 0 fully saturated rings. The first kappa shape index (κ1) is 15.2. The van der Waals surface area contributed by atoms with Gasteiger partial charge in [0, 0.05) is 18.8 Å². The van der Waals surface area contributed by atoms with E-state index in [1.54, 1.807) is 18.5 Å². The van der Waals surface area contributed by atoms with Crippen LogP contribution in [-0.2, 0) is 12.8 Å². The predicted octanol–water partition coefficient (Wildman–Crippen LogP) is 3.45. The summed E-state index contributed by atoms with van der Waals surface area (Å²) in [5, 5.41) is 8.61. The van der Waals surface area contributed by atoms with Gasteiger partial charge in [-0.05, 0) is 30.5 Å². The second-order valence-electron chi connectivity index (χ2n) is 5.58. The van der Waals surface area contributed by atoms with Crippen molar-refractivity contribution in [2.45, 2.75) is 33.1 Å². The van der Waals surface area contributed by atoms with Crippen LogP contribution in [0.1, 0.15) is 35.9 Å². The molecule has 118 valence electrons. The van der Waals surface area contributed by atoms with Crippen LogP contribution in [-0.4, -0.2) is 25.6 Å². The molecule has 0 N–H and O–H groups in total. The van der Waals surface area contributed by atoms with Crippen molar-refractivity contribution in [2.24, 2.45) is 0 Å². The number of hydrogen-bond acceptors (Lipinski definition) is 3. The van der Waals surface area contributed by atoms with Crippen molar-refractivity contribution in [1.82, 2.24) is 19.6 Å². The summed E-state index contributed by atoms with van der Waals surface area (Å²) in [5.41, 5.74) is 4.20. The number of aromatic nitrogens is 4. The molecule has 0 aliphatic heterocycles. The van der Waals surface area contributed by atoms with E-state index < -0.39 is 0 Å². The monoisotopic (exact) mass is 308 g/mol. The Labute approximate surface area is 135 Å². The Morgan fingerprint density at radius 2 is 1.96 bits per heavy atom. The van der Waals surface area contributed by atoms with Gasteiger partial charge in [0.1, 0.15) is 0 Å². The van der Waals surface area contributed by atoms with E-state index in [0.717, 1.165) is 36.2 Å². The zero-order valence-corrected chi connectivity index (χ0v) is 13.4. The van der Waals surface area contributed by atoms with Crippen LogP contribution in [0.5, 0.6) is 0 Å². The molecule has 0 atom stereocenters. The maximum absolute atomic E-state index is 12.6. The highest BCUT2D eigenvalue weighted by molar-refractivity contribution is 5.78. The first-order chi connectivity index (χ1) is 11.2. The second kappa shape index (κ2) is 6.60. The molecule has 23 heavy (non-hydrogen) atoms. The summed E-state index contributed by atoms with van der Waals surface area (Å²) < 4.78 is 2.82. The number of nitrogens with zero attached hydrogens (tertiary/aromatic N) is 4. The highest BCUT2D eigenvalue weighted by Crippen LogP contribution is 2.19. The van der Waals surface area contributed by atoms with Crippen LogP contribution < -0.4 is 0 Å². The van der Waals surface area contributed by atoms with Gasteiger partial charge < -0.3 is 0 Å². The molecule has 0 unspecified atom stereocenters. The van der Waals surface area contributed by atoms with Gasteiger partial charge in [-0.3, -0.25) is 0 Å². The Morgan fingerprint density at radius 3 is 2.61 bits per heavy atom. The van der Waals surface area contributed by atoms with E-state index in [1.807, 2.05) is 25.1 Å². The lowest BCUT2D eigenvalue weighted by atomic mass is 10.0. The van der Waals surface area contributed by atoms with Gasteiger partial charge in [0.15, 0.2) is 0 Å². The fourth-order valence-electron chi connectivity index (χ4n) is 2.71. The Kier molecular flexibility index (Phi) is 4.37. The molecule has 2 heterocycles. The quantitative estimate of drug-likeness (QED) is 0.742. The normalized spacial score (nSPS) is 10.9. The lowest BCUT2D eigenvalue weighted by Gasteiger charge is -2.05. The highest BCUT2D eigenvalue weighted by Gasteiger charge is 2.20. The summed E-state index contributed by atoms with van der Waals surface area (Å²) in [4.78, 5) is 12.6. The van der Waals surface area contributed by atoms with Gasteiger partial charge in [-0.25, -0.2) is 4.79 Å². The minimum atomic E-state index is -0.235. The summed E-state index contributed by atoms with van der Waals surface area (Å²) in [6.07, 6.45) is 5.75. The fraction of sp³-hybridized carbons (Fsp3) is 0.278. The van der Waals surface area contributed by atoms with Gasteiger partial charge in [-0.15, -0.1) is 0 Å². The van der Waals surface area contributed by atoms with Gasteiger partial charge in [-0.1, -0.05) is 43.7 Å². The fourth-order valence-corrected chi connectivity index (χ4v) is 2.71. The third kappa shape index (κ3) is 3.08. The predicted molar refractivity (Wildman–Crippen MR) is 88.6 cm³/mol. The van der Waals surface area contributed by atoms with Gasteiger partial charge in [0.25, 0.3) is 0 Å². The van der Waals surface area contributed by atoms with Gasteiger partial charge in [0.05, 0.1) is 11.4 Å². The zero-order chi connectivity index (χ0) is 16.2. The Bertz CT molecular complexity index is 788. The zero-order valence-electron chi connectivity index (χ0n) is 13.4. The standard InChI is InChI=1S/C18H20N4O/c1-3-8-17-14(2)16(13-15-9-5-4-6-10-15)20-22(17)18(23)21-12-7-11-19-21/h4-7,9-12H,3,8,13H2,1-2H3. The lowest BCUT2D eigenvalue weighted by molar-refractivity contribution is 0.237. The maximum atomic E-state index is 12.6. The topological polar surface area (TPSA) is 52.7 Å². The van der Waals surface area contributed by atoms with E-state index in [9.17, 15) is 4.79 Å². The van der Waals surface area contributed by atoms with Gasteiger partial charge >= 0.3 is 6.03 Å². The smallest absolute Gasteiger partial charge is 0.244 e. The molecule has 0 bridgehead atoms. The summed E-state index contributed by atoms with van der Waals surface area (Å²) in [5.74, 6) is 0. The number of hydrogen-bond donors (Lipinski definition) is 0. The van der Waals surface area contributed by atoms with Crippen LogP contribution >= 0.6 is 0 Å².